The Balaban J connectivity index is 5.21. The lowest BCUT2D eigenvalue weighted by Crippen LogP contribution is -2.30. The highest BCUT2D eigenvalue weighted by atomic mass is 31.2. The van der Waals surface area contributed by atoms with Gasteiger partial charge in [0.05, 0.1) is 26.4 Å². The van der Waals surface area contributed by atoms with Crippen molar-refractivity contribution in [3.8, 4) is 0 Å². The summed E-state index contributed by atoms with van der Waals surface area (Å²) in [5, 5.41) is 10.7. The SMILES string of the molecule is CCCCCCCCCCCCCCCCCCCCCCCCC(=O)OC[C@H](COP(=O)(O)OC[C@@H](O)COP(=O)(O)OC[C@@H](COC(=O)CCCCCCCCCC(C)C)OC(=O)CCCCCCCCCCCCCCCCC(C)C)OC(=O)CCCCCCCCCCCCCCCCCCCCC(C)CC. The van der Waals surface area contributed by atoms with E-state index < -0.39 is 97.5 Å². The number of carbonyl (C=O) groups excluding carboxylic acids is 4. The lowest BCUT2D eigenvalue weighted by Gasteiger charge is -2.21. The summed E-state index contributed by atoms with van der Waals surface area (Å²) in [5.74, 6) is 0.271. The van der Waals surface area contributed by atoms with Crippen LogP contribution in [0.2, 0.25) is 0 Å². The van der Waals surface area contributed by atoms with E-state index in [2.05, 4.69) is 48.5 Å². The van der Waals surface area contributed by atoms with Gasteiger partial charge in [0.2, 0.25) is 0 Å². The predicted molar refractivity (Wildman–Crippen MR) is 460 cm³/mol. The van der Waals surface area contributed by atoms with Crippen LogP contribution in [0, 0.1) is 17.8 Å². The molecule has 6 atom stereocenters. The summed E-state index contributed by atoms with van der Waals surface area (Å²) in [6.45, 7) is 12.0. The van der Waals surface area contributed by atoms with Gasteiger partial charge in [-0.25, -0.2) is 9.13 Å². The van der Waals surface area contributed by atoms with Gasteiger partial charge < -0.3 is 33.8 Å². The number of aliphatic hydroxyl groups is 1. The largest absolute Gasteiger partial charge is 0.472 e. The number of carbonyl (C=O) groups is 4. The maximum absolute atomic E-state index is 13.2. The molecular weight excluding hydrogens is 1440 g/mol. The van der Waals surface area contributed by atoms with Gasteiger partial charge in [0.1, 0.15) is 19.3 Å². The van der Waals surface area contributed by atoms with Crippen LogP contribution in [0.4, 0.5) is 0 Å². The monoisotopic (exact) mass is 1620 g/mol. The molecule has 660 valence electrons. The van der Waals surface area contributed by atoms with Gasteiger partial charge in [0.15, 0.2) is 12.2 Å². The number of esters is 4. The molecule has 0 bridgehead atoms. The average molecular weight is 1620 g/mol. The number of aliphatic hydroxyl groups excluding tert-OH is 1. The smallest absolute Gasteiger partial charge is 0.462 e. The first-order valence-corrected chi connectivity index (χ1v) is 50.4. The minimum absolute atomic E-state index is 0.107. The zero-order valence-corrected chi connectivity index (χ0v) is 75.2. The summed E-state index contributed by atoms with van der Waals surface area (Å²) in [7, 11) is -9.94. The Morgan fingerprint density at radius 3 is 0.685 bits per heavy atom. The van der Waals surface area contributed by atoms with E-state index in [1.165, 1.54) is 295 Å². The van der Waals surface area contributed by atoms with E-state index >= 15 is 0 Å². The molecule has 0 saturated carbocycles. The minimum atomic E-state index is -4.97. The lowest BCUT2D eigenvalue weighted by atomic mass is 9.99. The number of unbranched alkanes of at least 4 members (excludes halogenated alkanes) is 57. The maximum atomic E-state index is 13.2. The fraction of sp³-hybridized carbons (Fsp3) is 0.957. The Bertz CT molecular complexity index is 2130. The van der Waals surface area contributed by atoms with E-state index in [9.17, 15) is 43.2 Å². The summed E-state index contributed by atoms with van der Waals surface area (Å²) < 4.78 is 69.0. The van der Waals surface area contributed by atoms with Gasteiger partial charge in [0.25, 0.3) is 0 Å². The van der Waals surface area contributed by atoms with E-state index in [0.717, 1.165) is 108 Å². The Labute approximate surface area is 683 Å². The molecule has 0 amide bonds. The van der Waals surface area contributed by atoms with Gasteiger partial charge in [-0.15, -0.1) is 0 Å². The average Bonchev–Trinajstić information content (AvgIpc) is 0.904. The summed E-state index contributed by atoms with van der Waals surface area (Å²) in [6.07, 6.45) is 75.3. The maximum Gasteiger partial charge on any atom is 0.472 e. The van der Waals surface area contributed by atoms with Gasteiger partial charge in [-0.05, 0) is 43.4 Å². The van der Waals surface area contributed by atoms with Crippen molar-refractivity contribution in [3.05, 3.63) is 0 Å². The van der Waals surface area contributed by atoms with E-state index in [0.29, 0.717) is 31.6 Å². The molecule has 0 heterocycles. The molecule has 0 spiro atoms. The molecule has 17 nitrogen and oxygen atoms in total. The van der Waals surface area contributed by atoms with Crippen LogP contribution in [0.25, 0.3) is 0 Å². The topological polar surface area (TPSA) is 237 Å². The first-order valence-electron chi connectivity index (χ1n) is 47.4. The number of hydrogen-bond acceptors (Lipinski definition) is 15. The number of phosphoric acid groups is 2. The van der Waals surface area contributed by atoms with E-state index in [1.807, 2.05) is 0 Å². The molecule has 0 fully saturated rings. The third-order valence-electron chi connectivity index (χ3n) is 22.0. The fourth-order valence-electron chi connectivity index (χ4n) is 14.4. The third-order valence-corrected chi connectivity index (χ3v) is 23.9. The number of ether oxygens (including phenoxy) is 4. The fourth-order valence-corrected chi connectivity index (χ4v) is 16.0. The summed E-state index contributed by atoms with van der Waals surface area (Å²) >= 11 is 0. The molecule has 0 aliphatic carbocycles. The van der Waals surface area contributed by atoms with Crippen LogP contribution in [0.15, 0.2) is 0 Å². The van der Waals surface area contributed by atoms with Crippen molar-refractivity contribution in [2.45, 2.75) is 510 Å². The van der Waals surface area contributed by atoms with Gasteiger partial charge in [0, 0.05) is 25.7 Å². The molecule has 3 unspecified atom stereocenters. The van der Waals surface area contributed by atoms with Crippen LogP contribution in [0.1, 0.15) is 492 Å². The second kappa shape index (κ2) is 81.8. The summed E-state index contributed by atoms with van der Waals surface area (Å²) in [5.41, 5.74) is 0. The molecule has 0 aliphatic rings. The molecule has 0 aliphatic heterocycles. The first kappa shape index (κ1) is 109. The number of rotatable bonds is 90. The van der Waals surface area contributed by atoms with E-state index in [1.54, 1.807) is 0 Å². The molecular formula is C92H180O17P2. The normalized spacial score (nSPS) is 14.0. The second-order valence-corrected chi connectivity index (χ2v) is 37.2. The Morgan fingerprint density at radius 2 is 0.459 bits per heavy atom. The van der Waals surface area contributed by atoms with Crippen LogP contribution in [-0.4, -0.2) is 96.7 Å². The van der Waals surface area contributed by atoms with Crippen molar-refractivity contribution >= 4 is 39.5 Å². The Morgan fingerprint density at radius 1 is 0.261 bits per heavy atom. The molecule has 0 aromatic carbocycles. The zero-order valence-electron chi connectivity index (χ0n) is 73.4. The highest BCUT2D eigenvalue weighted by Gasteiger charge is 2.31. The zero-order chi connectivity index (χ0) is 81.5. The lowest BCUT2D eigenvalue weighted by molar-refractivity contribution is -0.161. The molecule has 111 heavy (non-hydrogen) atoms. The van der Waals surface area contributed by atoms with Crippen molar-refractivity contribution < 1.29 is 80.2 Å². The van der Waals surface area contributed by atoms with Crippen LogP contribution in [-0.2, 0) is 65.4 Å². The molecule has 3 N–H and O–H groups in total. The van der Waals surface area contributed by atoms with Gasteiger partial charge in [-0.3, -0.25) is 37.3 Å². The Kier molecular flexibility index (Phi) is 80.4. The van der Waals surface area contributed by atoms with E-state index in [4.69, 9.17) is 37.0 Å². The highest BCUT2D eigenvalue weighted by Crippen LogP contribution is 2.45. The summed E-state index contributed by atoms with van der Waals surface area (Å²) in [4.78, 5) is 73.4. The van der Waals surface area contributed by atoms with Crippen LogP contribution < -0.4 is 0 Å². The second-order valence-electron chi connectivity index (χ2n) is 34.2. The molecule has 0 radical (unpaired) electrons. The highest BCUT2D eigenvalue weighted by molar-refractivity contribution is 7.47. The number of phosphoric ester groups is 2. The number of hydrogen-bond donors (Lipinski definition) is 3. The standard InChI is InChI=1S/C92H180O17P2/c1-8-10-11-12-13-14-15-16-17-18-19-20-21-22-26-29-35-40-45-52-59-66-73-89(94)102-79-87(108-91(96)75-68-61-53-46-41-36-30-27-24-23-25-28-34-39-44-51-58-65-72-85(7)9-2)81-106-110(98,99)104-77-86(93)78-105-111(100,101)107-82-88(80-103-90(95)74-67-60-55-48-50-57-64-71-84(5)6)109-92(97)76-69-62-54-47-42-37-32-31-33-38-43-49-56-63-70-83(3)4/h83-88,93H,8-82H2,1-7H3,(H,98,99)(H,100,101)/t85?,86-,87-,88-/m1/s1. The van der Waals surface area contributed by atoms with Gasteiger partial charge in [-0.2, -0.15) is 0 Å². The molecule has 0 aromatic rings. The van der Waals surface area contributed by atoms with E-state index in [-0.39, 0.29) is 25.7 Å². The molecule has 0 saturated heterocycles. The van der Waals surface area contributed by atoms with Gasteiger partial charge >= 0.3 is 39.5 Å². The molecule has 19 heteroatoms. The molecule has 0 rings (SSSR count). The van der Waals surface area contributed by atoms with Crippen molar-refractivity contribution in [1.82, 2.24) is 0 Å². The van der Waals surface area contributed by atoms with Crippen LogP contribution in [0.5, 0.6) is 0 Å². The van der Waals surface area contributed by atoms with Crippen molar-refractivity contribution in [3.63, 3.8) is 0 Å². The van der Waals surface area contributed by atoms with Crippen molar-refractivity contribution in [2.24, 2.45) is 17.8 Å². The van der Waals surface area contributed by atoms with Crippen molar-refractivity contribution in [1.29, 1.82) is 0 Å². The van der Waals surface area contributed by atoms with Gasteiger partial charge in [-0.1, -0.05) is 440 Å². The quantitative estimate of drug-likeness (QED) is 0.0222. The molecule has 0 aromatic heterocycles. The van der Waals surface area contributed by atoms with Crippen molar-refractivity contribution in [2.75, 3.05) is 39.6 Å². The minimum Gasteiger partial charge on any atom is -0.462 e. The van der Waals surface area contributed by atoms with Crippen LogP contribution in [0.3, 0.4) is 0 Å². The van der Waals surface area contributed by atoms with Crippen LogP contribution >= 0.6 is 15.6 Å². The summed E-state index contributed by atoms with van der Waals surface area (Å²) in [6, 6.07) is 0. The predicted octanol–water partition coefficient (Wildman–Crippen LogP) is 28.4. The Hall–Kier alpha value is -1.94. The first-order chi connectivity index (χ1) is 53.8. The third kappa shape index (κ3) is 84.3.